The second-order valence-electron chi connectivity index (χ2n) is 3.90. The van der Waals surface area contributed by atoms with Gasteiger partial charge in [0.1, 0.15) is 5.75 Å². The molecule has 0 aliphatic rings. The van der Waals surface area contributed by atoms with Crippen molar-refractivity contribution in [3.8, 4) is 5.75 Å². The van der Waals surface area contributed by atoms with Gasteiger partial charge in [-0.15, -0.1) is 0 Å². The number of carbonyl (C=O) groups is 1. The molecule has 1 aromatic carbocycles. The van der Waals surface area contributed by atoms with E-state index in [2.05, 4.69) is 5.32 Å². The summed E-state index contributed by atoms with van der Waals surface area (Å²) in [7, 11) is 1.86. The van der Waals surface area contributed by atoms with Crippen LogP contribution in [-0.2, 0) is 4.79 Å². The summed E-state index contributed by atoms with van der Waals surface area (Å²) >= 11 is 0. The minimum absolute atomic E-state index is 0.123. The fourth-order valence-electron chi connectivity index (χ4n) is 1.56. The lowest BCUT2D eigenvalue weighted by atomic mass is 10.1. The minimum atomic E-state index is -0.931. The number of carboxylic acid groups (broad SMARTS) is 1. The van der Waals surface area contributed by atoms with Crippen LogP contribution in [0.15, 0.2) is 24.3 Å². The number of rotatable bonds is 6. The molecule has 0 aromatic heterocycles. The molecule has 0 amide bonds. The summed E-state index contributed by atoms with van der Waals surface area (Å²) in [6.07, 6.45) is -0.349. The van der Waals surface area contributed by atoms with E-state index in [1.165, 1.54) is 0 Å². The van der Waals surface area contributed by atoms with E-state index in [0.29, 0.717) is 12.2 Å². The monoisotopic (exact) mass is 237 g/mol. The largest absolute Gasteiger partial charge is 0.479 e. The van der Waals surface area contributed by atoms with Crippen LogP contribution in [0, 0.1) is 0 Å². The van der Waals surface area contributed by atoms with E-state index in [0.717, 1.165) is 5.56 Å². The van der Waals surface area contributed by atoms with Crippen molar-refractivity contribution in [3.05, 3.63) is 29.8 Å². The van der Waals surface area contributed by atoms with Crippen LogP contribution in [0.1, 0.15) is 31.9 Å². The Labute approximate surface area is 102 Å². The summed E-state index contributed by atoms with van der Waals surface area (Å²) in [5.74, 6) is -0.303. The zero-order valence-electron chi connectivity index (χ0n) is 10.4. The van der Waals surface area contributed by atoms with Gasteiger partial charge in [-0.05, 0) is 26.5 Å². The summed E-state index contributed by atoms with van der Waals surface area (Å²) in [5.41, 5.74) is 0.967. The quantitative estimate of drug-likeness (QED) is 0.796. The molecule has 1 aromatic rings. The lowest BCUT2D eigenvalue weighted by Crippen LogP contribution is -2.27. The molecule has 0 heterocycles. The third-order valence-electron chi connectivity index (χ3n) is 2.73. The van der Waals surface area contributed by atoms with E-state index in [4.69, 9.17) is 9.84 Å². The molecule has 0 spiro atoms. The Morgan fingerprint density at radius 2 is 2.12 bits per heavy atom. The second kappa shape index (κ2) is 6.25. The van der Waals surface area contributed by atoms with Crippen molar-refractivity contribution >= 4 is 5.97 Å². The van der Waals surface area contributed by atoms with Crippen molar-refractivity contribution in [2.75, 3.05) is 7.05 Å². The SMILES string of the molecule is CCC(Oc1ccccc1C(C)NC)C(=O)O. The smallest absolute Gasteiger partial charge is 0.344 e. The van der Waals surface area contributed by atoms with Gasteiger partial charge in [0.15, 0.2) is 6.10 Å². The number of aliphatic carboxylic acids is 1. The molecule has 4 heteroatoms. The highest BCUT2D eigenvalue weighted by Crippen LogP contribution is 2.25. The highest BCUT2D eigenvalue weighted by molar-refractivity contribution is 5.72. The van der Waals surface area contributed by atoms with Crippen LogP contribution in [0.25, 0.3) is 0 Å². The van der Waals surface area contributed by atoms with Crippen molar-refractivity contribution in [1.29, 1.82) is 0 Å². The molecule has 0 radical (unpaired) electrons. The molecule has 0 saturated carbocycles. The van der Waals surface area contributed by atoms with Gasteiger partial charge in [0.05, 0.1) is 0 Å². The fourth-order valence-corrected chi connectivity index (χ4v) is 1.56. The maximum Gasteiger partial charge on any atom is 0.344 e. The van der Waals surface area contributed by atoms with Gasteiger partial charge in [0.2, 0.25) is 0 Å². The van der Waals surface area contributed by atoms with Crippen LogP contribution in [0.3, 0.4) is 0 Å². The van der Waals surface area contributed by atoms with Gasteiger partial charge in [-0.25, -0.2) is 4.79 Å². The number of carboxylic acids is 1. The number of ether oxygens (including phenoxy) is 1. The Morgan fingerprint density at radius 3 is 2.65 bits per heavy atom. The van der Waals surface area contributed by atoms with E-state index in [-0.39, 0.29) is 6.04 Å². The molecule has 2 N–H and O–H groups in total. The molecule has 2 unspecified atom stereocenters. The van der Waals surface area contributed by atoms with Crippen molar-refractivity contribution in [3.63, 3.8) is 0 Å². The van der Waals surface area contributed by atoms with Crippen LogP contribution in [0.5, 0.6) is 5.75 Å². The van der Waals surface area contributed by atoms with Gasteiger partial charge >= 0.3 is 5.97 Å². The summed E-state index contributed by atoms with van der Waals surface area (Å²) in [5, 5.41) is 12.1. The fraction of sp³-hybridized carbons (Fsp3) is 0.462. The van der Waals surface area contributed by atoms with E-state index < -0.39 is 12.1 Å². The Morgan fingerprint density at radius 1 is 1.47 bits per heavy atom. The molecular formula is C13H19NO3. The lowest BCUT2D eigenvalue weighted by Gasteiger charge is -2.19. The predicted octanol–water partition coefficient (Wildman–Crippen LogP) is 2.21. The minimum Gasteiger partial charge on any atom is -0.479 e. The lowest BCUT2D eigenvalue weighted by molar-refractivity contribution is -0.145. The van der Waals surface area contributed by atoms with Crippen LogP contribution >= 0.6 is 0 Å². The van der Waals surface area contributed by atoms with Crippen molar-refractivity contribution < 1.29 is 14.6 Å². The zero-order chi connectivity index (χ0) is 12.8. The number of hydrogen-bond acceptors (Lipinski definition) is 3. The molecule has 94 valence electrons. The summed E-state index contributed by atoms with van der Waals surface area (Å²) in [6.45, 7) is 3.80. The van der Waals surface area contributed by atoms with E-state index >= 15 is 0 Å². The van der Waals surface area contributed by atoms with Crippen LogP contribution in [0.2, 0.25) is 0 Å². The maximum absolute atomic E-state index is 10.9. The van der Waals surface area contributed by atoms with Gasteiger partial charge in [-0.3, -0.25) is 0 Å². The molecule has 2 atom stereocenters. The molecule has 4 nitrogen and oxygen atoms in total. The number of benzene rings is 1. The molecule has 0 saturated heterocycles. The first-order chi connectivity index (χ1) is 8.10. The first-order valence-electron chi connectivity index (χ1n) is 5.75. The molecule has 0 aliphatic heterocycles. The number of hydrogen-bond donors (Lipinski definition) is 2. The van der Waals surface area contributed by atoms with Gasteiger partial charge < -0.3 is 15.2 Å². The highest BCUT2D eigenvalue weighted by Gasteiger charge is 2.19. The van der Waals surface area contributed by atoms with E-state index in [9.17, 15) is 4.79 Å². The molecular weight excluding hydrogens is 218 g/mol. The number of nitrogens with one attached hydrogen (secondary N) is 1. The third-order valence-corrected chi connectivity index (χ3v) is 2.73. The van der Waals surface area contributed by atoms with E-state index in [1.54, 1.807) is 13.0 Å². The molecule has 0 aliphatic carbocycles. The predicted molar refractivity (Wildman–Crippen MR) is 66.3 cm³/mol. The zero-order valence-corrected chi connectivity index (χ0v) is 10.4. The average molecular weight is 237 g/mol. The van der Waals surface area contributed by atoms with Gasteiger partial charge in [0, 0.05) is 11.6 Å². The van der Waals surface area contributed by atoms with Crippen LogP contribution in [0.4, 0.5) is 0 Å². The van der Waals surface area contributed by atoms with Crippen LogP contribution < -0.4 is 10.1 Å². The Balaban J connectivity index is 2.93. The van der Waals surface area contributed by atoms with E-state index in [1.807, 2.05) is 32.2 Å². The van der Waals surface area contributed by atoms with Gasteiger partial charge in [-0.1, -0.05) is 25.1 Å². The standard InChI is InChI=1S/C13H19NO3/c1-4-11(13(15)16)17-12-8-6-5-7-10(12)9(2)14-3/h5-9,11,14H,4H2,1-3H3,(H,15,16). The maximum atomic E-state index is 10.9. The first kappa shape index (κ1) is 13.5. The highest BCUT2D eigenvalue weighted by atomic mass is 16.5. The van der Waals surface area contributed by atoms with Crippen molar-refractivity contribution in [1.82, 2.24) is 5.32 Å². The Kier molecular flexibility index (Phi) is 4.97. The normalized spacial score (nSPS) is 14.1. The number of para-hydroxylation sites is 1. The second-order valence-corrected chi connectivity index (χ2v) is 3.90. The van der Waals surface area contributed by atoms with Gasteiger partial charge in [0.25, 0.3) is 0 Å². The van der Waals surface area contributed by atoms with Crippen molar-refractivity contribution in [2.24, 2.45) is 0 Å². The van der Waals surface area contributed by atoms with Gasteiger partial charge in [-0.2, -0.15) is 0 Å². The summed E-state index contributed by atoms with van der Waals surface area (Å²) < 4.78 is 5.54. The topological polar surface area (TPSA) is 58.6 Å². The summed E-state index contributed by atoms with van der Waals surface area (Å²) in [6, 6.07) is 7.62. The van der Waals surface area contributed by atoms with Crippen molar-refractivity contribution in [2.45, 2.75) is 32.4 Å². The Bertz CT molecular complexity index is 379. The average Bonchev–Trinajstić information content (AvgIpc) is 2.35. The first-order valence-corrected chi connectivity index (χ1v) is 5.75. The molecule has 0 fully saturated rings. The molecule has 17 heavy (non-hydrogen) atoms. The molecule has 0 bridgehead atoms. The Hall–Kier alpha value is -1.55. The molecule has 1 rings (SSSR count). The summed E-state index contributed by atoms with van der Waals surface area (Å²) in [4.78, 5) is 10.9. The third kappa shape index (κ3) is 3.46. The van der Waals surface area contributed by atoms with Crippen LogP contribution in [-0.4, -0.2) is 24.2 Å².